The fourth-order valence-corrected chi connectivity index (χ4v) is 2.24. The van der Waals surface area contributed by atoms with Crippen molar-refractivity contribution in [3.05, 3.63) is 17.0 Å². The maximum Gasteiger partial charge on any atom is 0.0628 e. The van der Waals surface area contributed by atoms with Gasteiger partial charge in [0.1, 0.15) is 0 Å². The smallest absolute Gasteiger partial charge is 0.0628 e. The summed E-state index contributed by atoms with van der Waals surface area (Å²) in [5.41, 5.74) is 3.97. The Labute approximate surface area is 98.5 Å². The maximum atomic E-state index is 4.58. The van der Waals surface area contributed by atoms with Gasteiger partial charge in [-0.25, -0.2) is 0 Å². The summed E-state index contributed by atoms with van der Waals surface area (Å²) in [5, 5.41) is 4.58. The van der Waals surface area contributed by atoms with Crippen molar-refractivity contribution in [2.45, 2.75) is 53.0 Å². The number of nitrogens with zero attached hydrogens (tertiary/aromatic N) is 2. The SMILES string of the molecule is CCc1c(C)nn(CCCCCS)c1C. The minimum atomic E-state index is 0.997. The first-order valence-corrected chi connectivity index (χ1v) is 6.47. The molecule has 1 heterocycles. The first kappa shape index (κ1) is 12.6. The Kier molecular flexibility index (Phi) is 5.23. The van der Waals surface area contributed by atoms with Crippen molar-refractivity contribution in [2.24, 2.45) is 0 Å². The highest BCUT2D eigenvalue weighted by Gasteiger charge is 2.08. The zero-order chi connectivity index (χ0) is 11.3. The van der Waals surface area contributed by atoms with Crippen molar-refractivity contribution >= 4 is 12.6 Å². The summed E-state index contributed by atoms with van der Waals surface area (Å²) in [4.78, 5) is 0. The molecule has 0 aliphatic heterocycles. The van der Waals surface area contributed by atoms with Gasteiger partial charge in [-0.1, -0.05) is 13.3 Å². The molecule has 0 atom stereocenters. The lowest BCUT2D eigenvalue weighted by atomic mass is 10.1. The van der Waals surface area contributed by atoms with E-state index in [-0.39, 0.29) is 0 Å². The van der Waals surface area contributed by atoms with Crippen LogP contribution in [0.4, 0.5) is 0 Å². The molecular weight excluding hydrogens is 204 g/mol. The summed E-state index contributed by atoms with van der Waals surface area (Å²) < 4.78 is 2.16. The van der Waals surface area contributed by atoms with E-state index in [9.17, 15) is 0 Å². The van der Waals surface area contributed by atoms with Crippen LogP contribution in [0.3, 0.4) is 0 Å². The van der Waals surface area contributed by atoms with Crippen molar-refractivity contribution < 1.29 is 0 Å². The van der Waals surface area contributed by atoms with Crippen molar-refractivity contribution in [3.63, 3.8) is 0 Å². The van der Waals surface area contributed by atoms with Gasteiger partial charge in [0.2, 0.25) is 0 Å². The molecule has 0 aliphatic carbocycles. The van der Waals surface area contributed by atoms with Gasteiger partial charge in [0.15, 0.2) is 0 Å². The fourth-order valence-electron chi connectivity index (χ4n) is 2.01. The summed E-state index contributed by atoms with van der Waals surface area (Å²) in [6.07, 6.45) is 4.77. The van der Waals surface area contributed by atoms with Crippen LogP contribution in [-0.2, 0) is 13.0 Å². The highest BCUT2D eigenvalue weighted by molar-refractivity contribution is 7.80. The number of thiol groups is 1. The molecule has 0 bridgehead atoms. The highest BCUT2D eigenvalue weighted by atomic mass is 32.1. The first-order chi connectivity index (χ1) is 7.20. The van der Waals surface area contributed by atoms with Crippen LogP contribution in [0.15, 0.2) is 0 Å². The molecule has 0 unspecified atom stereocenters. The molecule has 0 fully saturated rings. The minimum Gasteiger partial charge on any atom is -0.269 e. The quantitative estimate of drug-likeness (QED) is 0.583. The number of hydrogen-bond donors (Lipinski definition) is 1. The Morgan fingerprint density at radius 3 is 2.47 bits per heavy atom. The van der Waals surface area contributed by atoms with Crippen LogP contribution in [0.5, 0.6) is 0 Å². The van der Waals surface area contributed by atoms with Gasteiger partial charge >= 0.3 is 0 Å². The Morgan fingerprint density at radius 2 is 1.93 bits per heavy atom. The average Bonchev–Trinajstić information content (AvgIpc) is 2.49. The van der Waals surface area contributed by atoms with Crippen LogP contribution >= 0.6 is 12.6 Å². The van der Waals surface area contributed by atoms with Gasteiger partial charge < -0.3 is 0 Å². The Bertz CT molecular complexity index is 305. The van der Waals surface area contributed by atoms with Gasteiger partial charge in [-0.2, -0.15) is 17.7 Å². The molecule has 0 aromatic carbocycles. The zero-order valence-electron chi connectivity index (χ0n) is 10.1. The lowest BCUT2D eigenvalue weighted by molar-refractivity contribution is 0.540. The number of hydrogen-bond acceptors (Lipinski definition) is 2. The van der Waals surface area contributed by atoms with Crippen molar-refractivity contribution in [1.82, 2.24) is 9.78 Å². The summed E-state index contributed by atoms with van der Waals surface area (Å²) in [7, 11) is 0. The van der Waals surface area contributed by atoms with Crippen molar-refractivity contribution in [1.29, 1.82) is 0 Å². The molecular formula is C12H22N2S. The number of aromatic nitrogens is 2. The molecule has 0 N–H and O–H groups in total. The van der Waals surface area contributed by atoms with Gasteiger partial charge in [0.25, 0.3) is 0 Å². The van der Waals surface area contributed by atoms with Gasteiger partial charge in [-0.15, -0.1) is 0 Å². The van der Waals surface area contributed by atoms with Crippen molar-refractivity contribution in [3.8, 4) is 0 Å². The molecule has 15 heavy (non-hydrogen) atoms. The second-order valence-corrected chi connectivity index (χ2v) is 4.46. The average molecular weight is 226 g/mol. The van der Waals surface area contributed by atoms with Gasteiger partial charge in [-0.3, -0.25) is 4.68 Å². The Balaban J connectivity index is 2.54. The van der Waals surface area contributed by atoms with E-state index in [4.69, 9.17) is 0 Å². The first-order valence-electron chi connectivity index (χ1n) is 5.84. The molecule has 2 nitrogen and oxygen atoms in total. The van der Waals surface area contributed by atoms with Gasteiger partial charge in [-0.05, 0) is 44.4 Å². The Morgan fingerprint density at radius 1 is 1.20 bits per heavy atom. The molecule has 1 rings (SSSR count). The fraction of sp³-hybridized carbons (Fsp3) is 0.750. The normalized spacial score (nSPS) is 10.9. The number of aryl methyl sites for hydroxylation is 2. The van der Waals surface area contributed by atoms with Crippen LogP contribution in [0.2, 0.25) is 0 Å². The van der Waals surface area contributed by atoms with E-state index in [2.05, 4.69) is 43.2 Å². The predicted molar refractivity (Wildman–Crippen MR) is 68.8 cm³/mol. The molecule has 3 heteroatoms. The molecule has 0 aliphatic rings. The molecule has 1 aromatic heterocycles. The van der Waals surface area contributed by atoms with E-state index in [1.807, 2.05) is 0 Å². The van der Waals surface area contributed by atoms with E-state index >= 15 is 0 Å². The molecule has 86 valence electrons. The summed E-state index contributed by atoms with van der Waals surface area (Å²) in [6.45, 7) is 7.54. The van der Waals surface area contributed by atoms with Crippen LogP contribution in [0.25, 0.3) is 0 Å². The third kappa shape index (κ3) is 3.26. The second-order valence-electron chi connectivity index (χ2n) is 4.01. The zero-order valence-corrected chi connectivity index (χ0v) is 11.0. The van der Waals surface area contributed by atoms with E-state index in [1.165, 1.54) is 36.2 Å². The molecule has 0 spiro atoms. The topological polar surface area (TPSA) is 17.8 Å². The Hall–Kier alpha value is -0.440. The van der Waals surface area contributed by atoms with E-state index in [0.717, 1.165) is 18.7 Å². The molecule has 1 aromatic rings. The van der Waals surface area contributed by atoms with Crippen LogP contribution in [0, 0.1) is 13.8 Å². The predicted octanol–water partition coefficient (Wildman–Crippen LogP) is 3.16. The summed E-state index contributed by atoms with van der Waals surface area (Å²) in [5.74, 6) is 0.997. The van der Waals surface area contributed by atoms with Crippen LogP contribution in [0.1, 0.15) is 43.1 Å². The van der Waals surface area contributed by atoms with Crippen LogP contribution < -0.4 is 0 Å². The standard InChI is InChI=1S/C12H22N2S/c1-4-12-10(2)13-14(11(12)3)8-6-5-7-9-15/h15H,4-9H2,1-3H3. The highest BCUT2D eigenvalue weighted by Crippen LogP contribution is 2.14. The van der Waals surface area contributed by atoms with Crippen molar-refractivity contribution in [2.75, 3.05) is 5.75 Å². The molecule has 0 saturated carbocycles. The summed E-state index contributed by atoms with van der Waals surface area (Å²) in [6, 6.07) is 0. The lowest BCUT2D eigenvalue weighted by Gasteiger charge is -2.04. The van der Waals surface area contributed by atoms with Gasteiger partial charge in [0.05, 0.1) is 5.69 Å². The van der Waals surface area contributed by atoms with E-state index in [0.29, 0.717) is 0 Å². The largest absolute Gasteiger partial charge is 0.269 e. The molecule has 0 saturated heterocycles. The molecule has 0 amide bonds. The summed E-state index contributed by atoms with van der Waals surface area (Å²) >= 11 is 4.21. The van der Waals surface area contributed by atoms with E-state index in [1.54, 1.807) is 0 Å². The third-order valence-electron chi connectivity index (χ3n) is 2.91. The van der Waals surface area contributed by atoms with Crippen LogP contribution in [-0.4, -0.2) is 15.5 Å². The number of unbranched alkanes of at least 4 members (excludes halogenated alkanes) is 2. The minimum absolute atomic E-state index is 0.997. The third-order valence-corrected chi connectivity index (χ3v) is 3.23. The van der Waals surface area contributed by atoms with Gasteiger partial charge in [0, 0.05) is 12.2 Å². The molecule has 0 radical (unpaired) electrons. The second kappa shape index (κ2) is 6.21. The number of rotatable bonds is 6. The monoisotopic (exact) mass is 226 g/mol. The lowest BCUT2D eigenvalue weighted by Crippen LogP contribution is -2.03. The maximum absolute atomic E-state index is 4.58. The van der Waals surface area contributed by atoms with E-state index < -0.39 is 0 Å².